The van der Waals surface area contributed by atoms with Gasteiger partial charge < -0.3 is 24.1 Å². The Morgan fingerprint density at radius 2 is 1.80 bits per heavy atom. The summed E-state index contributed by atoms with van der Waals surface area (Å²) in [5.41, 5.74) is 5.28. The zero-order valence-electron chi connectivity index (χ0n) is 26.0. The van der Waals surface area contributed by atoms with Gasteiger partial charge in [0.05, 0.1) is 13.7 Å². The average molecular weight is 561 g/mol. The molecule has 0 saturated carbocycles. The molecule has 0 bridgehead atoms. The van der Waals surface area contributed by atoms with Crippen LogP contribution in [0, 0.1) is 11.8 Å². The Labute approximate surface area is 248 Å². The Morgan fingerprint density at radius 3 is 2.54 bits per heavy atom. The zero-order valence-corrected chi connectivity index (χ0v) is 26.0. The number of benzene rings is 1. The normalized spacial score (nSPS) is 21.0. The average Bonchev–Trinajstić information content (AvgIpc) is 3.49. The van der Waals surface area contributed by atoms with Crippen LogP contribution in [0.2, 0.25) is 0 Å². The van der Waals surface area contributed by atoms with E-state index in [9.17, 15) is 0 Å². The number of furan rings is 1. The lowest BCUT2D eigenvalue weighted by molar-refractivity contribution is 0.208. The van der Waals surface area contributed by atoms with E-state index in [1.165, 1.54) is 80.3 Å². The van der Waals surface area contributed by atoms with Crippen molar-refractivity contribution in [3.05, 3.63) is 59.1 Å². The highest BCUT2D eigenvalue weighted by molar-refractivity contribution is 5.85. The first-order valence-corrected chi connectivity index (χ1v) is 16.3. The lowest BCUT2D eigenvalue weighted by atomic mass is 9.83. The number of hydrogen-bond donors (Lipinski definition) is 1. The molecule has 3 heterocycles. The van der Waals surface area contributed by atoms with E-state index in [2.05, 4.69) is 67.5 Å². The molecular formula is C36H52N2O3. The summed E-state index contributed by atoms with van der Waals surface area (Å²) in [7, 11) is 4.03. The number of fused-ring (bicyclic) bond motifs is 1. The number of rotatable bonds is 11. The fraction of sp³-hybridized carbons (Fsp3) is 0.611. The van der Waals surface area contributed by atoms with Crippen LogP contribution in [0.5, 0.6) is 11.5 Å². The molecule has 1 N–H and O–H groups in total. The fourth-order valence-electron chi connectivity index (χ4n) is 6.75. The van der Waals surface area contributed by atoms with Crippen molar-refractivity contribution in [1.29, 1.82) is 0 Å². The molecule has 0 spiro atoms. The topological polar surface area (TPSA) is 46.9 Å². The molecule has 2 saturated heterocycles. The third kappa shape index (κ3) is 7.87. The van der Waals surface area contributed by atoms with E-state index in [4.69, 9.17) is 13.9 Å². The Hall–Kier alpha value is -2.50. The molecule has 1 aliphatic carbocycles. The summed E-state index contributed by atoms with van der Waals surface area (Å²) >= 11 is 0. The van der Waals surface area contributed by atoms with E-state index in [0.717, 1.165) is 67.9 Å². The minimum atomic E-state index is 0.371. The van der Waals surface area contributed by atoms with Crippen molar-refractivity contribution in [3.8, 4) is 11.5 Å². The molecular weight excluding hydrogens is 508 g/mol. The van der Waals surface area contributed by atoms with Gasteiger partial charge in [-0.15, -0.1) is 0 Å². The van der Waals surface area contributed by atoms with Crippen LogP contribution < -0.4 is 14.8 Å². The monoisotopic (exact) mass is 560 g/mol. The lowest BCUT2D eigenvalue weighted by Crippen LogP contribution is -2.30. The van der Waals surface area contributed by atoms with E-state index in [-0.39, 0.29) is 0 Å². The van der Waals surface area contributed by atoms with Gasteiger partial charge in [-0.25, -0.2) is 0 Å². The summed E-state index contributed by atoms with van der Waals surface area (Å²) in [6.45, 7) is 9.92. The van der Waals surface area contributed by atoms with Crippen LogP contribution in [0.15, 0.2) is 40.8 Å². The van der Waals surface area contributed by atoms with Gasteiger partial charge in [-0.2, -0.15) is 0 Å². The first kappa shape index (κ1) is 30.0. The third-order valence-corrected chi connectivity index (χ3v) is 9.61. The van der Waals surface area contributed by atoms with Gasteiger partial charge in [0, 0.05) is 12.0 Å². The highest BCUT2D eigenvalue weighted by Crippen LogP contribution is 2.42. The van der Waals surface area contributed by atoms with Crippen LogP contribution in [-0.2, 0) is 6.42 Å². The third-order valence-electron chi connectivity index (χ3n) is 9.61. The van der Waals surface area contributed by atoms with Crippen molar-refractivity contribution in [2.75, 3.05) is 46.9 Å². The Balaban J connectivity index is 1.39. The van der Waals surface area contributed by atoms with E-state index < -0.39 is 0 Å². The van der Waals surface area contributed by atoms with Crippen LogP contribution in [0.25, 0.3) is 11.1 Å². The van der Waals surface area contributed by atoms with Crippen molar-refractivity contribution < 1.29 is 13.9 Å². The number of hydrogen-bond acceptors (Lipinski definition) is 5. The van der Waals surface area contributed by atoms with E-state index in [1.807, 2.05) is 0 Å². The summed E-state index contributed by atoms with van der Waals surface area (Å²) in [6, 6.07) is 8.81. The largest absolute Gasteiger partial charge is 0.493 e. The smallest absolute Gasteiger partial charge is 0.161 e. The second-order valence-electron chi connectivity index (χ2n) is 12.7. The predicted octanol–water partition coefficient (Wildman–Crippen LogP) is 8.11. The first-order chi connectivity index (χ1) is 20.0. The number of ether oxygens (including phenoxy) is 2. The number of allylic oxidation sites excluding steroid dienone is 4. The number of piperidine rings is 2. The number of likely N-dealkylation sites (tertiary alicyclic amines) is 1. The fourth-order valence-corrected chi connectivity index (χ4v) is 6.75. The van der Waals surface area contributed by atoms with Gasteiger partial charge in [0.2, 0.25) is 0 Å². The van der Waals surface area contributed by atoms with Crippen LogP contribution in [0.3, 0.4) is 0 Å². The number of unbranched alkanes of at least 4 members (excludes halogenated alkanes) is 1. The minimum Gasteiger partial charge on any atom is -0.493 e. The van der Waals surface area contributed by atoms with Crippen LogP contribution in [0.4, 0.5) is 0 Å². The highest BCUT2D eigenvalue weighted by Gasteiger charge is 2.23. The summed E-state index contributed by atoms with van der Waals surface area (Å²) in [5, 5.41) is 3.46. The number of nitrogens with one attached hydrogen (secondary N) is 1. The van der Waals surface area contributed by atoms with Gasteiger partial charge in [-0.05, 0) is 143 Å². The molecule has 1 aromatic carbocycles. The second-order valence-corrected chi connectivity index (χ2v) is 12.7. The summed E-state index contributed by atoms with van der Waals surface area (Å²) in [6.07, 6.45) is 16.6. The summed E-state index contributed by atoms with van der Waals surface area (Å²) in [5.74, 6) is 5.62. The molecule has 0 amide bonds. The second kappa shape index (κ2) is 14.6. The number of methoxy groups -OCH3 is 1. The molecule has 1 atom stereocenters. The number of aryl methyl sites for hydroxylation is 1. The molecule has 5 nitrogen and oxygen atoms in total. The molecule has 5 heteroatoms. The maximum absolute atomic E-state index is 6.46. The van der Waals surface area contributed by atoms with Crippen molar-refractivity contribution in [3.63, 3.8) is 0 Å². The van der Waals surface area contributed by atoms with Gasteiger partial charge >= 0.3 is 0 Å². The van der Waals surface area contributed by atoms with Gasteiger partial charge in [0.15, 0.2) is 11.5 Å². The summed E-state index contributed by atoms with van der Waals surface area (Å²) < 4.78 is 18.7. The van der Waals surface area contributed by atoms with Crippen molar-refractivity contribution in [2.45, 2.75) is 84.0 Å². The minimum absolute atomic E-state index is 0.371. The molecule has 2 aliphatic heterocycles. The van der Waals surface area contributed by atoms with E-state index in [0.29, 0.717) is 11.8 Å². The van der Waals surface area contributed by atoms with Crippen LogP contribution >= 0.6 is 0 Å². The number of nitrogens with zero attached hydrogens (tertiary/aromatic N) is 1. The Kier molecular flexibility index (Phi) is 10.7. The highest BCUT2D eigenvalue weighted by atomic mass is 16.5. The van der Waals surface area contributed by atoms with E-state index >= 15 is 0 Å². The van der Waals surface area contributed by atoms with E-state index in [1.54, 1.807) is 7.11 Å². The standard InChI is InChI=1S/C36H52N2O3/c1-5-31-12-13-34(41-31)30-11-10-26(2)32-23-36(40-25-28-14-18-37-19-15-28)35(39-4)24-33(32)29(22-30)9-7-6-8-27-16-20-38(3)21-17-27/h11-13,22-24,26-28,37H,5-10,14-21,25H2,1-4H3. The SMILES string of the molecule is CCc1ccc(C2=CCC(C)c3cc(OCC4CCNCC4)c(OC)cc3C(CCCCC3CCN(C)CC3)=C2)o1. The quantitative estimate of drug-likeness (QED) is 0.281. The van der Waals surface area contributed by atoms with Gasteiger partial charge in [0.25, 0.3) is 0 Å². The lowest BCUT2D eigenvalue weighted by Gasteiger charge is -2.29. The molecule has 5 rings (SSSR count). The molecule has 1 unspecified atom stereocenters. The first-order valence-electron chi connectivity index (χ1n) is 16.3. The molecule has 224 valence electrons. The molecule has 0 radical (unpaired) electrons. The van der Waals surface area contributed by atoms with Crippen molar-refractivity contribution in [1.82, 2.24) is 10.2 Å². The molecule has 2 fully saturated rings. The Morgan fingerprint density at radius 1 is 1.00 bits per heavy atom. The van der Waals surface area contributed by atoms with Gasteiger partial charge in [0.1, 0.15) is 11.5 Å². The Bertz CT molecular complexity index is 1180. The maximum atomic E-state index is 6.46. The van der Waals surface area contributed by atoms with Crippen molar-refractivity contribution in [2.24, 2.45) is 11.8 Å². The van der Waals surface area contributed by atoms with Crippen LogP contribution in [0.1, 0.15) is 100 Å². The molecule has 41 heavy (non-hydrogen) atoms. The van der Waals surface area contributed by atoms with Gasteiger partial charge in [-0.1, -0.05) is 32.8 Å². The maximum Gasteiger partial charge on any atom is 0.161 e. The van der Waals surface area contributed by atoms with Crippen LogP contribution in [-0.4, -0.2) is 51.8 Å². The van der Waals surface area contributed by atoms with Gasteiger partial charge in [-0.3, -0.25) is 0 Å². The molecule has 1 aromatic heterocycles. The summed E-state index contributed by atoms with van der Waals surface area (Å²) in [4.78, 5) is 2.47. The predicted molar refractivity (Wildman–Crippen MR) is 170 cm³/mol. The zero-order chi connectivity index (χ0) is 28.6. The molecule has 2 aromatic rings. The molecule has 3 aliphatic rings. The van der Waals surface area contributed by atoms with Crippen molar-refractivity contribution >= 4 is 11.1 Å².